The largest absolute Gasteiger partial charge is 0.450 e. The lowest BCUT2D eigenvalue weighted by atomic mass is 9.68. The molecular formula is C27H32F3N3O4. The van der Waals surface area contributed by atoms with Crippen molar-refractivity contribution in [2.24, 2.45) is 5.73 Å². The zero-order valence-electron chi connectivity index (χ0n) is 20.7. The summed E-state index contributed by atoms with van der Waals surface area (Å²) in [6, 6.07) is 10.9. The maximum atomic E-state index is 13.5. The fourth-order valence-electron chi connectivity index (χ4n) is 5.32. The Morgan fingerprint density at radius 1 is 1.08 bits per heavy atom. The van der Waals surface area contributed by atoms with Crippen molar-refractivity contribution in [1.29, 1.82) is 0 Å². The molecule has 200 valence electrons. The van der Waals surface area contributed by atoms with Gasteiger partial charge in [0, 0.05) is 35.0 Å². The standard InChI is InChI=1S/C27H32F3N3O4/c1-25(36,27(28,29)30)19-7-5-18(6-8-19)23(34)33(20-9-10-20)21-11-13-26(14-12-21,15-17-37-24(31)35)22-4-2-3-16-32-22/h2-8,16,20-21,36H,9-15,17H2,1H3,(H2,31,35)/t21-,25-,26-/m0/s1. The van der Waals surface area contributed by atoms with Crippen LogP contribution in [0.2, 0.25) is 0 Å². The van der Waals surface area contributed by atoms with Crippen LogP contribution in [0.4, 0.5) is 18.0 Å². The third-order valence-electron chi connectivity index (χ3n) is 7.76. The van der Waals surface area contributed by atoms with E-state index in [0.717, 1.165) is 56.4 Å². The van der Waals surface area contributed by atoms with E-state index >= 15 is 0 Å². The van der Waals surface area contributed by atoms with Gasteiger partial charge in [0.2, 0.25) is 0 Å². The lowest BCUT2D eigenvalue weighted by Crippen LogP contribution is -2.47. The lowest BCUT2D eigenvalue weighted by molar-refractivity contribution is -0.258. The predicted molar refractivity (Wildman–Crippen MR) is 130 cm³/mol. The van der Waals surface area contributed by atoms with Gasteiger partial charge in [-0.3, -0.25) is 9.78 Å². The van der Waals surface area contributed by atoms with Crippen molar-refractivity contribution in [2.45, 2.75) is 81.1 Å². The number of hydrogen-bond acceptors (Lipinski definition) is 5. The van der Waals surface area contributed by atoms with Crippen molar-refractivity contribution >= 4 is 12.0 Å². The number of carbonyl (C=O) groups is 2. The van der Waals surface area contributed by atoms with Gasteiger partial charge in [-0.05, 0) is 81.7 Å². The maximum absolute atomic E-state index is 13.5. The number of rotatable bonds is 8. The van der Waals surface area contributed by atoms with Crippen LogP contribution < -0.4 is 5.73 Å². The second-order valence-electron chi connectivity index (χ2n) is 10.2. The van der Waals surface area contributed by atoms with Crippen LogP contribution in [0.15, 0.2) is 48.7 Å². The number of hydrogen-bond donors (Lipinski definition) is 2. The van der Waals surface area contributed by atoms with E-state index in [0.29, 0.717) is 18.9 Å². The van der Waals surface area contributed by atoms with Gasteiger partial charge >= 0.3 is 12.3 Å². The molecule has 1 aromatic carbocycles. The molecule has 2 fully saturated rings. The minimum atomic E-state index is -4.83. The van der Waals surface area contributed by atoms with E-state index in [2.05, 4.69) is 4.98 Å². The molecule has 10 heteroatoms. The normalized spacial score (nSPS) is 23.6. The molecule has 0 spiro atoms. The minimum absolute atomic E-state index is 0.0214. The first kappa shape index (κ1) is 26.9. The molecule has 1 atom stereocenters. The molecule has 2 amide bonds. The van der Waals surface area contributed by atoms with Gasteiger partial charge in [-0.15, -0.1) is 0 Å². The predicted octanol–water partition coefficient (Wildman–Crippen LogP) is 4.82. The number of aromatic nitrogens is 1. The number of ether oxygens (including phenoxy) is 1. The Hall–Kier alpha value is -3.14. The van der Waals surface area contributed by atoms with Crippen LogP contribution in [0, 0.1) is 0 Å². The first-order valence-electron chi connectivity index (χ1n) is 12.5. The van der Waals surface area contributed by atoms with E-state index in [4.69, 9.17) is 10.5 Å². The van der Waals surface area contributed by atoms with Crippen molar-refractivity contribution in [3.63, 3.8) is 0 Å². The Balaban J connectivity index is 1.50. The van der Waals surface area contributed by atoms with Gasteiger partial charge in [0.05, 0.1) is 6.61 Å². The van der Waals surface area contributed by atoms with Gasteiger partial charge in [0.25, 0.3) is 5.91 Å². The molecule has 0 aliphatic heterocycles. The number of carbonyl (C=O) groups excluding carboxylic acids is 2. The summed E-state index contributed by atoms with van der Waals surface area (Å²) < 4.78 is 44.6. The average molecular weight is 520 g/mol. The van der Waals surface area contributed by atoms with E-state index in [9.17, 15) is 27.9 Å². The van der Waals surface area contributed by atoms with E-state index in [-0.39, 0.29) is 35.6 Å². The van der Waals surface area contributed by atoms with Crippen LogP contribution in [0.25, 0.3) is 0 Å². The molecule has 7 nitrogen and oxygen atoms in total. The quantitative estimate of drug-likeness (QED) is 0.520. The third-order valence-corrected chi connectivity index (χ3v) is 7.76. The summed E-state index contributed by atoms with van der Waals surface area (Å²) in [4.78, 5) is 31.1. The molecule has 0 bridgehead atoms. The molecular weight excluding hydrogens is 487 g/mol. The highest BCUT2D eigenvalue weighted by Gasteiger charge is 2.51. The Labute approximate surface area is 213 Å². The number of aliphatic hydroxyl groups is 1. The summed E-state index contributed by atoms with van der Waals surface area (Å²) in [5.41, 5.74) is 2.73. The van der Waals surface area contributed by atoms with Crippen molar-refractivity contribution in [3.05, 3.63) is 65.5 Å². The number of halogens is 3. The summed E-state index contributed by atoms with van der Waals surface area (Å²) in [5.74, 6) is -0.215. The molecule has 0 unspecified atom stereocenters. The Morgan fingerprint density at radius 2 is 1.70 bits per heavy atom. The zero-order valence-corrected chi connectivity index (χ0v) is 20.7. The van der Waals surface area contributed by atoms with Gasteiger partial charge in [-0.1, -0.05) is 18.2 Å². The monoisotopic (exact) mass is 519 g/mol. The second-order valence-corrected chi connectivity index (χ2v) is 10.2. The summed E-state index contributed by atoms with van der Waals surface area (Å²) in [5, 5.41) is 9.94. The van der Waals surface area contributed by atoms with Crippen LogP contribution >= 0.6 is 0 Å². The molecule has 2 aliphatic carbocycles. The van der Waals surface area contributed by atoms with E-state index in [1.807, 2.05) is 23.1 Å². The Bertz CT molecular complexity index is 1090. The maximum Gasteiger partial charge on any atom is 0.421 e. The summed E-state index contributed by atoms with van der Waals surface area (Å²) in [7, 11) is 0. The molecule has 2 saturated carbocycles. The van der Waals surface area contributed by atoms with Gasteiger partial charge in [0.1, 0.15) is 0 Å². The number of primary amides is 1. The van der Waals surface area contributed by atoms with Gasteiger partial charge in [-0.25, -0.2) is 4.79 Å². The molecule has 0 radical (unpaired) electrons. The smallest absolute Gasteiger partial charge is 0.421 e. The minimum Gasteiger partial charge on any atom is -0.450 e. The van der Waals surface area contributed by atoms with Crippen molar-refractivity contribution in [1.82, 2.24) is 9.88 Å². The van der Waals surface area contributed by atoms with E-state index in [1.165, 1.54) is 12.1 Å². The van der Waals surface area contributed by atoms with Gasteiger partial charge in [0.15, 0.2) is 5.60 Å². The van der Waals surface area contributed by atoms with Crippen LogP contribution in [0.3, 0.4) is 0 Å². The fourth-order valence-corrected chi connectivity index (χ4v) is 5.32. The second kappa shape index (κ2) is 10.3. The van der Waals surface area contributed by atoms with Crippen LogP contribution in [-0.2, 0) is 15.8 Å². The van der Waals surface area contributed by atoms with Crippen LogP contribution in [0.1, 0.15) is 73.5 Å². The number of pyridine rings is 1. The van der Waals surface area contributed by atoms with E-state index < -0.39 is 17.9 Å². The van der Waals surface area contributed by atoms with Gasteiger partial charge < -0.3 is 20.5 Å². The summed E-state index contributed by atoms with van der Waals surface area (Å²) >= 11 is 0. The zero-order chi connectivity index (χ0) is 26.8. The molecule has 2 aromatic rings. The van der Waals surface area contributed by atoms with Crippen molar-refractivity contribution in [2.75, 3.05) is 6.61 Å². The average Bonchev–Trinajstić information content (AvgIpc) is 3.70. The highest BCUT2D eigenvalue weighted by atomic mass is 19.4. The molecule has 1 aromatic heterocycles. The van der Waals surface area contributed by atoms with E-state index in [1.54, 1.807) is 6.20 Å². The fraction of sp³-hybridized carbons (Fsp3) is 0.519. The third kappa shape index (κ3) is 5.74. The Morgan fingerprint density at radius 3 is 2.22 bits per heavy atom. The molecule has 3 N–H and O–H groups in total. The highest BCUT2D eigenvalue weighted by molar-refractivity contribution is 5.95. The number of amides is 2. The number of nitrogens with two attached hydrogens (primary N) is 1. The molecule has 37 heavy (non-hydrogen) atoms. The number of nitrogens with zero attached hydrogens (tertiary/aromatic N) is 2. The Kier molecular flexibility index (Phi) is 7.50. The lowest BCUT2D eigenvalue weighted by Gasteiger charge is -2.43. The topological polar surface area (TPSA) is 106 Å². The molecule has 2 aliphatic rings. The molecule has 1 heterocycles. The van der Waals surface area contributed by atoms with Crippen LogP contribution in [0.5, 0.6) is 0 Å². The summed E-state index contributed by atoms with van der Waals surface area (Å²) in [6.45, 7) is 0.876. The first-order valence-corrected chi connectivity index (χ1v) is 12.5. The van der Waals surface area contributed by atoms with Crippen molar-refractivity contribution in [3.8, 4) is 0 Å². The summed E-state index contributed by atoms with van der Waals surface area (Å²) in [6.07, 6.45) is 1.34. The number of alkyl halides is 3. The number of benzene rings is 1. The van der Waals surface area contributed by atoms with Crippen LogP contribution in [-0.4, -0.2) is 51.9 Å². The van der Waals surface area contributed by atoms with Gasteiger partial charge in [-0.2, -0.15) is 13.2 Å². The van der Waals surface area contributed by atoms with Crippen molar-refractivity contribution < 1.29 is 32.6 Å². The highest BCUT2D eigenvalue weighted by Crippen LogP contribution is 2.45. The molecule has 4 rings (SSSR count). The first-order chi connectivity index (χ1) is 17.4. The SMILES string of the molecule is C[C@](O)(c1ccc(C(=O)N(C2CC2)[C@H]2CC[C@](CCOC(N)=O)(c3ccccn3)CC2)cc1)C(F)(F)F. The molecule has 0 saturated heterocycles.